The van der Waals surface area contributed by atoms with E-state index in [0.29, 0.717) is 18.7 Å². The van der Waals surface area contributed by atoms with Gasteiger partial charge in [0.15, 0.2) is 0 Å². The molecule has 0 radical (unpaired) electrons. The SMILES string of the molecule is CN(CCCc1cc(-c2ccccc2)no1)C(=O)c1ccc(COc2ccccc2)cc1. The van der Waals surface area contributed by atoms with Crippen molar-refractivity contribution in [2.45, 2.75) is 19.4 Å². The molecule has 4 rings (SSSR count). The molecule has 0 saturated carbocycles. The first-order valence-electron chi connectivity index (χ1n) is 10.7. The highest BCUT2D eigenvalue weighted by Crippen LogP contribution is 2.19. The predicted molar refractivity (Wildman–Crippen MR) is 124 cm³/mol. The number of rotatable bonds is 9. The van der Waals surface area contributed by atoms with Gasteiger partial charge in [-0.3, -0.25) is 4.79 Å². The number of aromatic nitrogens is 1. The summed E-state index contributed by atoms with van der Waals surface area (Å²) in [6.45, 7) is 1.11. The van der Waals surface area contributed by atoms with Gasteiger partial charge in [0.25, 0.3) is 5.91 Å². The first kappa shape index (κ1) is 21.4. The average molecular weight is 427 g/mol. The van der Waals surface area contributed by atoms with Gasteiger partial charge in [-0.05, 0) is 36.2 Å². The molecule has 0 unspecified atom stereocenters. The molecule has 0 bridgehead atoms. The van der Waals surface area contributed by atoms with Gasteiger partial charge in [-0.25, -0.2) is 0 Å². The molecule has 0 aliphatic rings. The number of hydrogen-bond acceptors (Lipinski definition) is 4. The van der Waals surface area contributed by atoms with E-state index in [2.05, 4.69) is 5.16 Å². The number of carbonyl (C=O) groups is 1. The number of amides is 1. The van der Waals surface area contributed by atoms with Gasteiger partial charge in [-0.15, -0.1) is 0 Å². The van der Waals surface area contributed by atoms with Crippen LogP contribution in [0.4, 0.5) is 0 Å². The van der Waals surface area contributed by atoms with Gasteiger partial charge in [0.05, 0.1) is 0 Å². The van der Waals surface area contributed by atoms with Crippen LogP contribution in [-0.4, -0.2) is 29.6 Å². The van der Waals surface area contributed by atoms with Crippen LogP contribution in [0.1, 0.15) is 28.1 Å². The van der Waals surface area contributed by atoms with Crippen LogP contribution < -0.4 is 4.74 Å². The Morgan fingerprint density at radius 3 is 2.34 bits per heavy atom. The number of carbonyl (C=O) groups excluding carboxylic acids is 1. The summed E-state index contributed by atoms with van der Waals surface area (Å²) in [5.41, 5.74) is 3.56. The van der Waals surface area contributed by atoms with Crippen LogP contribution >= 0.6 is 0 Å². The van der Waals surface area contributed by atoms with Crippen molar-refractivity contribution in [1.29, 1.82) is 0 Å². The summed E-state index contributed by atoms with van der Waals surface area (Å²) in [5.74, 6) is 1.66. The molecule has 0 saturated heterocycles. The molecular weight excluding hydrogens is 400 g/mol. The Hall–Kier alpha value is -3.86. The minimum absolute atomic E-state index is 0.00284. The number of para-hydroxylation sites is 1. The fourth-order valence-electron chi connectivity index (χ4n) is 3.42. The second kappa shape index (κ2) is 10.4. The van der Waals surface area contributed by atoms with Gasteiger partial charge in [-0.2, -0.15) is 0 Å². The number of hydrogen-bond donors (Lipinski definition) is 0. The number of aryl methyl sites for hydroxylation is 1. The van der Waals surface area contributed by atoms with Crippen LogP contribution in [0, 0.1) is 0 Å². The Balaban J connectivity index is 1.24. The fourth-order valence-corrected chi connectivity index (χ4v) is 3.42. The Labute approximate surface area is 188 Å². The van der Waals surface area contributed by atoms with Crippen LogP contribution in [0.5, 0.6) is 5.75 Å². The highest BCUT2D eigenvalue weighted by Gasteiger charge is 2.12. The van der Waals surface area contributed by atoms with Crippen LogP contribution in [0.25, 0.3) is 11.3 Å². The second-order valence-electron chi connectivity index (χ2n) is 7.67. The summed E-state index contributed by atoms with van der Waals surface area (Å²) in [6.07, 6.45) is 1.53. The molecule has 5 nitrogen and oxygen atoms in total. The van der Waals surface area contributed by atoms with E-state index in [1.807, 2.05) is 98.0 Å². The van der Waals surface area contributed by atoms with E-state index in [4.69, 9.17) is 9.26 Å². The zero-order valence-corrected chi connectivity index (χ0v) is 18.1. The zero-order chi connectivity index (χ0) is 22.2. The summed E-state index contributed by atoms with van der Waals surface area (Å²) < 4.78 is 11.2. The lowest BCUT2D eigenvalue weighted by Crippen LogP contribution is -2.28. The zero-order valence-electron chi connectivity index (χ0n) is 18.1. The first-order valence-corrected chi connectivity index (χ1v) is 10.7. The molecule has 0 fully saturated rings. The molecular formula is C27H26N2O3. The third kappa shape index (κ3) is 5.64. The van der Waals surface area contributed by atoms with Crippen molar-refractivity contribution in [3.8, 4) is 17.0 Å². The van der Waals surface area contributed by atoms with Crippen LogP contribution in [0.2, 0.25) is 0 Å². The fraction of sp³-hybridized carbons (Fsp3) is 0.185. The van der Waals surface area contributed by atoms with E-state index in [-0.39, 0.29) is 5.91 Å². The van der Waals surface area contributed by atoms with Gasteiger partial charge in [-0.1, -0.05) is 65.8 Å². The van der Waals surface area contributed by atoms with E-state index < -0.39 is 0 Å². The molecule has 1 aromatic heterocycles. The quantitative estimate of drug-likeness (QED) is 0.348. The van der Waals surface area contributed by atoms with E-state index in [9.17, 15) is 4.79 Å². The van der Waals surface area contributed by atoms with E-state index in [1.165, 1.54) is 0 Å². The highest BCUT2D eigenvalue weighted by molar-refractivity contribution is 5.94. The lowest BCUT2D eigenvalue weighted by Gasteiger charge is -2.17. The summed E-state index contributed by atoms with van der Waals surface area (Å²) in [6, 6.07) is 29.2. The Kier molecular flexibility index (Phi) is 6.98. The van der Waals surface area contributed by atoms with Crippen molar-refractivity contribution in [2.24, 2.45) is 0 Å². The van der Waals surface area contributed by atoms with E-state index in [1.54, 1.807) is 4.90 Å². The molecule has 0 N–H and O–H groups in total. The predicted octanol–water partition coefficient (Wildman–Crippen LogP) is 5.63. The molecule has 4 aromatic rings. The van der Waals surface area contributed by atoms with Gasteiger partial charge in [0.1, 0.15) is 23.8 Å². The van der Waals surface area contributed by atoms with Gasteiger partial charge in [0, 0.05) is 37.2 Å². The maximum Gasteiger partial charge on any atom is 0.253 e. The molecule has 0 spiro atoms. The lowest BCUT2D eigenvalue weighted by molar-refractivity contribution is 0.0792. The molecule has 5 heteroatoms. The highest BCUT2D eigenvalue weighted by atomic mass is 16.5. The maximum atomic E-state index is 12.7. The Bertz CT molecular complexity index is 1120. The van der Waals surface area contributed by atoms with Crippen LogP contribution in [0.15, 0.2) is 95.5 Å². The standard InChI is InChI=1S/C27H26N2O3/c1-29(18-8-13-25-19-26(28-32-25)22-9-4-2-5-10-22)27(30)23-16-14-21(15-17-23)20-31-24-11-6-3-7-12-24/h2-7,9-12,14-17,19H,8,13,18,20H2,1H3. The smallest absolute Gasteiger partial charge is 0.253 e. The molecule has 0 aliphatic carbocycles. The Morgan fingerprint density at radius 1 is 0.938 bits per heavy atom. The largest absolute Gasteiger partial charge is 0.489 e. The lowest BCUT2D eigenvalue weighted by atomic mass is 10.1. The van der Waals surface area contributed by atoms with E-state index in [0.717, 1.165) is 41.2 Å². The third-order valence-corrected chi connectivity index (χ3v) is 5.24. The second-order valence-corrected chi connectivity index (χ2v) is 7.67. The number of ether oxygens (including phenoxy) is 1. The maximum absolute atomic E-state index is 12.7. The summed E-state index contributed by atoms with van der Waals surface area (Å²) in [7, 11) is 1.82. The number of benzene rings is 3. The Morgan fingerprint density at radius 2 is 1.62 bits per heavy atom. The van der Waals surface area contributed by atoms with Gasteiger partial charge in [0.2, 0.25) is 0 Å². The van der Waals surface area contributed by atoms with Crippen molar-refractivity contribution in [3.63, 3.8) is 0 Å². The normalized spacial score (nSPS) is 10.7. The summed E-state index contributed by atoms with van der Waals surface area (Å²) in [5, 5.41) is 4.14. The summed E-state index contributed by atoms with van der Waals surface area (Å²) >= 11 is 0. The minimum atomic E-state index is 0.00284. The van der Waals surface area contributed by atoms with Crippen molar-refractivity contribution in [1.82, 2.24) is 10.1 Å². The molecule has 1 heterocycles. The van der Waals surface area contributed by atoms with Gasteiger partial charge >= 0.3 is 0 Å². The van der Waals surface area contributed by atoms with Crippen molar-refractivity contribution >= 4 is 5.91 Å². The van der Waals surface area contributed by atoms with Crippen molar-refractivity contribution in [3.05, 3.63) is 108 Å². The van der Waals surface area contributed by atoms with Crippen molar-refractivity contribution < 1.29 is 14.1 Å². The molecule has 0 atom stereocenters. The molecule has 0 aliphatic heterocycles. The van der Waals surface area contributed by atoms with Gasteiger partial charge < -0.3 is 14.2 Å². The topological polar surface area (TPSA) is 55.6 Å². The molecule has 32 heavy (non-hydrogen) atoms. The summed E-state index contributed by atoms with van der Waals surface area (Å²) in [4.78, 5) is 14.5. The van der Waals surface area contributed by atoms with E-state index >= 15 is 0 Å². The monoisotopic (exact) mass is 426 g/mol. The first-order chi connectivity index (χ1) is 15.7. The van der Waals surface area contributed by atoms with Crippen LogP contribution in [0.3, 0.4) is 0 Å². The molecule has 1 amide bonds. The van der Waals surface area contributed by atoms with Crippen LogP contribution in [-0.2, 0) is 13.0 Å². The average Bonchev–Trinajstić information content (AvgIpc) is 3.33. The number of nitrogens with zero attached hydrogens (tertiary/aromatic N) is 2. The molecule has 162 valence electrons. The third-order valence-electron chi connectivity index (χ3n) is 5.24. The minimum Gasteiger partial charge on any atom is -0.489 e. The molecule has 3 aromatic carbocycles. The van der Waals surface area contributed by atoms with Crippen molar-refractivity contribution in [2.75, 3.05) is 13.6 Å².